The summed E-state index contributed by atoms with van der Waals surface area (Å²) >= 11 is 1.45. The Labute approximate surface area is 188 Å². The molecule has 0 radical (unpaired) electrons. The third-order valence-corrected chi connectivity index (χ3v) is 5.75. The molecule has 0 aliphatic carbocycles. The van der Waals surface area contributed by atoms with Crippen LogP contribution in [0.1, 0.15) is 5.56 Å². The first kappa shape index (κ1) is 21.2. The Kier molecular flexibility index (Phi) is 6.23. The number of rotatable bonds is 7. The van der Waals surface area contributed by atoms with E-state index in [4.69, 9.17) is 14.5 Å². The van der Waals surface area contributed by atoms with E-state index in [1.54, 1.807) is 32.6 Å². The Hall–Kier alpha value is -4.04. The number of hydrogen-bond donors (Lipinski definition) is 0. The zero-order valence-electron chi connectivity index (χ0n) is 17.4. The van der Waals surface area contributed by atoms with E-state index >= 15 is 0 Å². The standard InChI is InChI=1S/C24H19N3O4S/c1-30-20-10-6-17(7-11-20)22-23(18-8-12-21(31-2)13-9-18)32-24(26-22)25-15-16-4-3-5-19(14-16)27(28)29/h3-15H,1-2H3. The highest BCUT2D eigenvalue weighted by atomic mass is 32.1. The normalized spacial score (nSPS) is 10.9. The zero-order valence-corrected chi connectivity index (χ0v) is 18.2. The molecule has 0 unspecified atom stereocenters. The summed E-state index contributed by atoms with van der Waals surface area (Å²) in [5.41, 5.74) is 3.38. The molecule has 32 heavy (non-hydrogen) atoms. The van der Waals surface area contributed by atoms with Crippen molar-refractivity contribution >= 4 is 28.4 Å². The van der Waals surface area contributed by atoms with Crippen molar-refractivity contribution in [3.05, 3.63) is 88.5 Å². The van der Waals surface area contributed by atoms with Crippen molar-refractivity contribution < 1.29 is 14.4 Å². The lowest BCUT2D eigenvalue weighted by Crippen LogP contribution is -1.89. The van der Waals surface area contributed by atoms with Gasteiger partial charge in [-0.2, -0.15) is 0 Å². The first-order valence-corrected chi connectivity index (χ1v) is 10.5. The number of non-ortho nitro benzene ring substituents is 1. The molecule has 0 fully saturated rings. The van der Waals surface area contributed by atoms with Crippen LogP contribution in [0.25, 0.3) is 21.7 Å². The highest BCUT2D eigenvalue weighted by Gasteiger charge is 2.15. The van der Waals surface area contributed by atoms with Gasteiger partial charge in [0, 0.05) is 23.9 Å². The van der Waals surface area contributed by atoms with Gasteiger partial charge in [-0.1, -0.05) is 23.5 Å². The van der Waals surface area contributed by atoms with Gasteiger partial charge in [-0.15, -0.1) is 0 Å². The molecule has 1 heterocycles. The van der Waals surface area contributed by atoms with Crippen LogP contribution in [-0.2, 0) is 0 Å². The monoisotopic (exact) mass is 445 g/mol. The Balaban J connectivity index is 1.74. The molecular formula is C24H19N3O4S. The maximum atomic E-state index is 11.0. The predicted molar refractivity (Wildman–Crippen MR) is 126 cm³/mol. The Morgan fingerprint density at radius 1 is 0.938 bits per heavy atom. The summed E-state index contributed by atoms with van der Waals surface area (Å²) in [4.78, 5) is 20.8. The van der Waals surface area contributed by atoms with E-state index in [1.165, 1.54) is 23.5 Å². The molecule has 0 bridgehead atoms. The molecule has 0 amide bonds. The number of aromatic nitrogens is 1. The van der Waals surface area contributed by atoms with E-state index in [2.05, 4.69) is 4.99 Å². The number of ether oxygens (including phenoxy) is 2. The molecule has 0 saturated carbocycles. The van der Waals surface area contributed by atoms with Gasteiger partial charge in [0.25, 0.3) is 5.69 Å². The Morgan fingerprint density at radius 2 is 1.56 bits per heavy atom. The van der Waals surface area contributed by atoms with Crippen molar-refractivity contribution in [2.24, 2.45) is 4.99 Å². The van der Waals surface area contributed by atoms with Crippen LogP contribution in [0.3, 0.4) is 0 Å². The van der Waals surface area contributed by atoms with Gasteiger partial charge in [0.05, 0.1) is 29.7 Å². The molecular weight excluding hydrogens is 426 g/mol. The second-order valence-corrected chi connectivity index (χ2v) is 7.72. The van der Waals surface area contributed by atoms with E-state index in [1.807, 2.05) is 48.5 Å². The van der Waals surface area contributed by atoms with E-state index in [9.17, 15) is 10.1 Å². The minimum absolute atomic E-state index is 0.0194. The molecule has 8 heteroatoms. The summed E-state index contributed by atoms with van der Waals surface area (Å²) in [5, 5.41) is 11.6. The van der Waals surface area contributed by atoms with E-state index < -0.39 is 4.92 Å². The van der Waals surface area contributed by atoms with Gasteiger partial charge in [-0.05, 0) is 59.7 Å². The van der Waals surface area contributed by atoms with Crippen molar-refractivity contribution in [2.75, 3.05) is 14.2 Å². The second-order valence-electron chi connectivity index (χ2n) is 6.74. The SMILES string of the molecule is COc1ccc(-c2nc(N=Cc3cccc([N+](=O)[O-])c3)sc2-c2ccc(OC)cc2)cc1. The lowest BCUT2D eigenvalue weighted by Gasteiger charge is -2.05. The highest BCUT2D eigenvalue weighted by Crippen LogP contribution is 2.41. The van der Waals surface area contributed by atoms with Crippen LogP contribution >= 0.6 is 11.3 Å². The number of benzene rings is 3. The molecule has 160 valence electrons. The van der Waals surface area contributed by atoms with Gasteiger partial charge in [0.15, 0.2) is 0 Å². The molecule has 7 nitrogen and oxygen atoms in total. The summed E-state index contributed by atoms with van der Waals surface area (Å²) < 4.78 is 10.5. The van der Waals surface area contributed by atoms with Crippen molar-refractivity contribution in [3.8, 4) is 33.2 Å². The van der Waals surface area contributed by atoms with Gasteiger partial charge in [-0.3, -0.25) is 10.1 Å². The molecule has 0 atom stereocenters. The summed E-state index contributed by atoms with van der Waals surface area (Å²) in [6.07, 6.45) is 1.58. The molecule has 0 saturated heterocycles. The van der Waals surface area contributed by atoms with Gasteiger partial charge >= 0.3 is 0 Å². The number of nitrogens with zero attached hydrogens (tertiary/aromatic N) is 3. The zero-order chi connectivity index (χ0) is 22.5. The minimum atomic E-state index is -0.426. The van der Waals surface area contributed by atoms with Crippen LogP contribution in [0.5, 0.6) is 11.5 Å². The quantitative estimate of drug-likeness (QED) is 0.193. The number of nitro groups is 1. The van der Waals surface area contributed by atoms with E-state index in [0.717, 1.165) is 33.2 Å². The largest absolute Gasteiger partial charge is 0.497 e. The molecule has 1 aromatic heterocycles. The summed E-state index contributed by atoms with van der Waals surface area (Å²) in [7, 11) is 3.26. The summed E-state index contributed by atoms with van der Waals surface area (Å²) in [5.74, 6) is 1.53. The van der Waals surface area contributed by atoms with Crippen LogP contribution in [0.2, 0.25) is 0 Å². The van der Waals surface area contributed by atoms with Crippen molar-refractivity contribution in [1.82, 2.24) is 4.98 Å². The molecule has 0 aliphatic heterocycles. The van der Waals surface area contributed by atoms with Crippen molar-refractivity contribution in [3.63, 3.8) is 0 Å². The van der Waals surface area contributed by atoms with Gasteiger partial charge in [-0.25, -0.2) is 9.98 Å². The smallest absolute Gasteiger partial charge is 0.270 e. The number of methoxy groups -OCH3 is 2. The minimum Gasteiger partial charge on any atom is -0.497 e. The molecule has 4 rings (SSSR count). The van der Waals surface area contributed by atoms with Gasteiger partial charge in [0.1, 0.15) is 11.5 Å². The van der Waals surface area contributed by atoms with Crippen molar-refractivity contribution in [1.29, 1.82) is 0 Å². The van der Waals surface area contributed by atoms with Crippen molar-refractivity contribution in [2.45, 2.75) is 0 Å². The van der Waals surface area contributed by atoms with Crippen LogP contribution < -0.4 is 9.47 Å². The fourth-order valence-corrected chi connectivity index (χ4v) is 4.03. The number of thiazole rings is 1. The van der Waals surface area contributed by atoms with Gasteiger partial charge in [0.2, 0.25) is 5.13 Å². The molecule has 0 N–H and O–H groups in total. The van der Waals surface area contributed by atoms with Gasteiger partial charge < -0.3 is 9.47 Å². The third-order valence-electron chi connectivity index (χ3n) is 4.74. The lowest BCUT2D eigenvalue weighted by molar-refractivity contribution is -0.384. The maximum Gasteiger partial charge on any atom is 0.270 e. The van der Waals surface area contributed by atoms with Crippen LogP contribution in [-0.4, -0.2) is 30.3 Å². The average molecular weight is 446 g/mol. The van der Waals surface area contributed by atoms with Crippen LogP contribution in [0.4, 0.5) is 10.8 Å². The topological polar surface area (TPSA) is 86.9 Å². The summed E-state index contributed by atoms with van der Waals surface area (Å²) in [6.45, 7) is 0. The fraction of sp³-hybridized carbons (Fsp3) is 0.0833. The third kappa shape index (κ3) is 4.65. The van der Waals surface area contributed by atoms with E-state index in [-0.39, 0.29) is 5.69 Å². The number of aliphatic imine (C=N–C) groups is 1. The first-order chi connectivity index (χ1) is 15.6. The predicted octanol–water partition coefficient (Wildman–Crippen LogP) is 6.15. The summed E-state index contributed by atoms with van der Waals surface area (Å²) in [6, 6.07) is 21.8. The Bertz CT molecular complexity index is 1200. The molecule has 0 aliphatic rings. The average Bonchev–Trinajstić information content (AvgIpc) is 3.27. The molecule has 3 aromatic carbocycles. The van der Waals surface area contributed by atoms with Crippen LogP contribution in [0, 0.1) is 10.1 Å². The fourth-order valence-electron chi connectivity index (χ4n) is 3.10. The number of nitro benzene ring substituents is 1. The maximum absolute atomic E-state index is 11.0. The second kappa shape index (κ2) is 9.40. The molecule has 0 spiro atoms. The Morgan fingerprint density at radius 3 is 2.16 bits per heavy atom. The highest BCUT2D eigenvalue weighted by molar-refractivity contribution is 7.19. The first-order valence-electron chi connectivity index (χ1n) is 9.65. The number of hydrogen-bond acceptors (Lipinski definition) is 7. The molecule has 4 aromatic rings. The van der Waals surface area contributed by atoms with E-state index in [0.29, 0.717) is 10.7 Å². The lowest BCUT2D eigenvalue weighted by atomic mass is 10.1. The van der Waals surface area contributed by atoms with Crippen LogP contribution in [0.15, 0.2) is 77.8 Å².